The van der Waals surface area contributed by atoms with Crippen LogP contribution in [0.4, 0.5) is 0 Å². The summed E-state index contributed by atoms with van der Waals surface area (Å²) < 4.78 is 32.8. The highest BCUT2D eigenvalue weighted by Crippen LogP contribution is 2.26. The Kier molecular flexibility index (Phi) is 6.78. The number of ether oxygens (including phenoxy) is 1. The van der Waals surface area contributed by atoms with Gasteiger partial charge in [-0.05, 0) is 49.7 Å². The molecule has 0 saturated carbocycles. The fourth-order valence-corrected chi connectivity index (χ4v) is 4.14. The van der Waals surface area contributed by atoms with Crippen molar-refractivity contribution in [3.05, 3.63) is 59.2 Å². The van der Waals surface area contributed by atoms with E-state index in [1.165, 1.54) is 30.2 Å². The SMILES string of the molecule is COc1ccc(C(=O)N(C)Cc2cccc(C#N)c2)cc1S(=O)(=O)NC(C)C. The van der Waals surface area contributed by atoms with Crippen molar-refractivity contribution in [3.8, 4) is 11.8 Å². The molecule has 148 valence electrons. The quantitative estimate of drug-likeness (QED) is 0.768. The zero-order valence-electron chi connectivity index (χ0n) is 16.3. The third-order valence-corrected chi connectivity index (χ3v) is 5.59. The van der Waals surface area contributed by atoms with Crippen LogP contribution in [-0.2, 0) is 16.6 Å². The molecule has 28 heavy (non-hydrogen) atoms. The molecule has 2 rings (SSSR count). The van der Waals surface area contributed by atoms with Gasteiger partial charge in [0, 0.05) is 25.2 Å². The van der Waals surface area contributed by atoms with Gasteiger partial charge >= 0.3 is 0 Å². The molecular formula is C20H23N3O4S. The van der Waals surface area contributed by atoms with E-state index >= 15 is 0 Å². The van der Waals surface area contributed by atoms with Crippen molar-refractivity contribution in [2.45, 2.75) is 31.3 Å². The molecule has 0 saturated heterocycles. The number of sulfonamides is 1. The minimum atomic E-state index is -3.83. The Morgan fingerprint density at radius 2 is 1.96 bits per heavy atom. The van der Waals surface area contributed by atoms with Gasteiger partial charge in [0.15, 0.2) is 0 Å². The number of benzene rings is 2. The van der Waals surface area contributed by atoms with E-state index < -0.39 is 10.0 Å². The number of nitriles is 1. The summed E-state index contributed by atoms with van der Waals surface area (Å²) in [6, 6.07) is 13.0. The van der Waals surface area contributed by atoms with E-state index in [0.29, 0.717) is 5.56 Å². The van der Waals surface area contributed by atoms with Gasteiger partial charge in [0.2, 0.25) is 10.0 Å². The molecule has 0 aliphatic rings. The second-order valence-electron chi connectivity index (χ2n) is 6.62. The van der Waals surface area contributed by atoms with Crippen LogP contribution in [0, 0.1) is 11.3 Å². The molecule has 1 amide bonds. The largest absolute Gasteiger partial charge is 0.495 e. The molecule has 0 bridgehead atoms. The zero-order chi connectivity index (χ0) is 20.9. The maximum absolute atomic E-state index is 12.8. The Balaban J connectivity index is 2.32. The number of nitrogens with zero attached hydrogens (tertiary/aromatic N) is 2. The van der Waals surface area contributed by atoms with Crippen LogP contribution in [0.2, 0.25) is 0 Å². The van der Waals surface area contributed by atoms with Crippen molar-refractivity contribution in [2.75, 3.05) is 14.2 Å². The second-order valence-corrected chi connectivity index (χ2v) is 8.30. The van der Waals surface area contributed by atoms with Crippen molar-refractivity contribution in [2.24, 2.45) is 0 Å². The third-order valence-electron chi connectivity index (χ3n) is 3.91. The number of rotatable bonds is 7. The summed E-state index contributed by atoms with van der Waals surface area (Å²) in [6.07, 6.45) is 0. The van der Waals surface area contributed by atoms with Crippen LogP contribution in [0.5, 0.6) is 5.75 Å². The second kappa shape index (κ2) is 8.87. The standard InChI is InChI=1S/C20H23N3O4S/c1-14(2)22-28(25,26)19-11-17(8-9-18(19)27-4)20(24)23(3)13-16-7-5-6-15(10-16)12-21/h5-11,14,22H,13H2,1-4H3. The summed E-state index contributed by atoms with van der Waals surface area (Å²) in [4.78, 5) is 14.2. The Morgan fingerprint density at radius 1 is 1.25 bits per heavy atom. The summed E-state index contributed by atoms with van der Waals surface area (Å²) in [5.41, 5.74) is 1.54. The summed E-state index contributed by atoms with van der Waals surface area (Å²) in [5.74, 6) is -0.180. The number of nitrogens with one attached hydrogen (secondary N) is 1. The third kappa shape index (κ3) is 5.09. The highest BCUT2D eigenvalue weighted by molar-refractivity contribution is 7.89. The van der Waals surface area contributed by atoms with Crippen molar-refractivity contribution >= 4 is 15.9 Å². The number of carbonyl (C=O) groups excluding carboxylic acids is 1. The molecule has 0 fully saturated rings. The maximum atomic E-state index is 12.8. The molecule has 0 heterocycles. The van der Waals surface area contributed by atoms with Gasteiger partial charge in [0.25, 0.3) is 5.91 Å². The van der Waals surface area contributed by atoms with Crippen molar-refractivity contribution in [3.63, 3.8) is 0 Å². The molecule has 0 atom stereocenters. The maximum Gasteiger partial charge on any atom is 0.253 e. The van der Waals surface area contributed by atoms with Gasteiger partial charge in [-0.1, -0.05) is 12.1 Å². The molecule has 2 aromatic rings. The van der Waals surface area contributed by atoms with E-state index in [-0.39, 0.29) is 34.7 Å². The predicted molar refractivity (Wildman–Crippen MR) is 105 cm³/mol. The van der Waals surface area contributed by atoms with Gasteiger partial charge < -0.3 is 9.64 Å². The van der Waals surface area contributed by atoms with E-state index in [0.717, 1.165) is 5.56 Å². The van der Waals surface area contributed by atoms with Gasteiger partial charge in [-0.3, -0.25) is 4.79 Å². The van der Waals surface area contributed by atoms with E-state index in [9.17, 15) is 13.2 Å². The van der Waals surface area contributed by atoms with Crippen LogP contribution >= 0.6 is 0 Å². The van der Waals surface area contributed by atoms with Crippen LogP contribution in [-0.4, -0.2) is 39.4 Å². The average molecular weight is 401 g/mol. The molecule has 0 aromatic heterocycles. The molecule has 8 heteroatoms. The zero-order valence-corrected chi connectivity index (χ0v) is 17.1. The van der Waals surface area contributed by atoms with Crippen molar-refractivity contribution < 1.29 is 17.9 Å². The molecule has 7 nitrogen and oxygen atoms in total. The lowest BCUT2D eigenvalue weighted by Crippen LogP contribution is -2.31. The number of hydrogen-bond acceptors (Lipinski definition) is 5. The summed E-state index contributed by atoms with van der Waals surface area (Å²) in [6.45, 7) is 3.71. The first-order valence-corrected chi connectivity index (χ1v) is 10.1. The van der Waals surface area contributed by atoms with Gasteiger partial charge in [-0.15, -0.1) is 0 Å². The molecule has 2 aromatic carbocycles. The number of carbonyl (C=O) groups is 1. The van der Waals surface area contributed by atoms with Crippen LogP contribution in [0.3, 0.4) is 0 Å². The smallest absolute Gasteiger partial charge is 0.253 e. The summed E-state index contributed by atoms with van der Waals surface area (Å²) in [7, 11) is -0.842. The minimum Gasteiger partial charge on any atom is -0.495 e. The molecule has 0 radical (unpaired) electrons. The van der Waals surface area contributed by atoms with E-state index in [2.05, 4.69) is 10.8 Å². The first-order chi connectivity index (χ1) is 13.2. The number of hydrogen-bond donors (Lipinski definition) is 1. The monoisotopic (exact) mass is 401 g/mol. The first-order valence-electron chi connectivity index (χ1n) is 8.63. The van der Waals surface area contributed by atoms with E-state index in [1.807, 2.05) is 6.07 Å². The fourth-order valence-electron chi connectivity index (χ4n) is 2.70. The molecule has 1 N–H and O–H groups in total. The predicted octanol–water partition coefficient (Wildman–Crippen LogP) is 2.53. The highest BCUT2D eigenvalue weighted by atomic mass is 32.2. The normalized spacial score (nSPS) is 11.1. The van der Waals surface area contributed by atoms with Gasteiger partial charge in [-0.2, -0.15) is 5.26 Å². The lowest BCUT2D eigenvalue weighted by atomic mass is 10.1. The van der Waals surface area contributed by atoms with Crippen LogP contribution < -0.4 is 9.46 Å². The minimum absolute atomic E-state index is 0.0885. The van der Waals surface area contributed by atoms with Crippen molar-refractivity contribution in [1.82, 2.24) is 9.62 Å². The van der Waals surface area contributed by atoms with Crippen LogP contribution in [0.25, 0.3) is 0 Å². The molecule has 0 unspecified atom stereocenters. The Labute approximate surface area is 165 Å². The number of amides is 1. The lowest BCUT2D eigenvalue weighted by Gasteiger charge is -2.19. The Morgan fingerprint density at radius 3 is 2.57 bits per heavy atom. The van der Waals surface area contributed by atoms with E-state index in [4.69, 9.17) is 10.00 Å². The molecular weight excluding hydrogens is 378 g/mol. The van der Waals surface area contributed by atoms with Gasteiger partial charge in [0.1, 0.15) is 10.6 Å². The van der Waals surface area contributed by atoms with Crippen LogP contribution in [0.15, 0.2) is 47.4 Å². The summed E-state index contributed by atoms with van der Waals surface area (Å²) in [5, 5.41) is 9.00. The van der Waals surface area contributed by atoms with E-state index in [1.54, 1.807) is 39.1 Å². The summed E-state index contributed by atoms with van der Waals surface area (Å²) >= 11 is 0. The topological polar surface area (TPSA) is 99.5 Å². The Hall–Kier alpha value is -2.89. The molecule has 0 aliphatic carbocycles. The van der Waals surface area contributed by atoms with Crippen molar-refractivity contribution in [1.29, 1.82) is 5.26 Å². The number of methoxy groups -OCH3 is 1. The highest BCUT2D eigenvalue weighted by Gasteiger charge is 2.23. The fraction of sp³-hybridized carbons (Fsp3) is 0.300. The van der Waals surface area contributed by atoms with Crippen LogP contribution in [0.1, 0.15) is 35.3 Å². The average Bonchev–Trinajstić information content (AvgIpc) is 2.66. The molecule has 0 spiro atoms. The lowest BCUT2D eigenvalue weighted by molar-refractivity contribution is 0.0785. The van der Waals surface area contributed by atoms with Gasteiger partial charge in [0.05, 0.1) is 18.7 Å². The van der Waals surface area contributed by atoms with Gasteiger partial charge in [-0.25, -0.2) is 13.1 Å². The molecule has 0 aliphatic heterocycles. The Bertz CT molecular complexity index is 1010. The first kappa shape index (κ1) is 21.4.